The number of halogens is 1. The number of aromatic nitrogens is 6. The third-order valence-electron chi connectivity index (χ3n) is 14.8. The number of aliphatic hydroxyl groups is 1. The van der Waals surface area contributed by atoms with Crippen molar-refractivity contribution in [1.29, 1.82) is 0 Å². The minimum atomic E-state index is -3.62. The number of sulfonamides is 2. The number of benzene rings is 4. The van der Waals surface area contributed by atoms with E-state index in [1.807, 2.05) is 59.7 Å². The number of nitrogens with zero attached hydrogens (tertiary/aromatic N) is 8. The molecule has 4 aromatic heterocycles. The first-order valence-electron chi connectivity index (χ1n) is 29.7. The smallest absolute Gasteiger partial charge is 0.319 e. The average molecular weight is 1340 g/mol. The third kappa shape index (κ3) is 19.1. The van der Waals surface area contributed by atoms with Crippen LogP contribution in [0.4, 0.5) is 22.7 Å². The Hall–Kier alpha value is -8.35. The van der Waals surface area contributed by atoms with Gasteiger partial charge in [0.05, 0.1) is 93.5 Å². The number of carbonyl (C=O) groups excluding carboxylic acids is 2. The van der Waals surface area contributed by atoms with Gasteiger partial charge in [-0.2, -0.15) is 9.97 Å². The Labute approximate surface area is 546 Å². The van der Waals surface area contributed by atoms with Crippen molar-refractivity contribution in [2.24, 2.45) is 14.1 Å². The van der Waals surface area contributed by atoms with Crippen LogP contribution in [-0.4, -0.2) is 178 Å². The third-order valence-corrected chi connectivity index (χ3v) is 16.2. The summed E-state index contributed by atoms with van der Waals surface area (Å²) in [5.74, 6) is 1.08. The van der Waals surface area contributed by atoms with Gasteiger partial charge in [-0.15, -0.1) is 0 Å². The number of hydrogen-bond acceptors (Lipinski definition) is 20. The molecule has 2 aliphatic heterocycles. The number of anilines is 4. The Balaban J connectivity index is 0.000000213. The molecule has 8 aromatic rings. The number of amides is 2. The Bertz CT molecular complexity index is 4180. The van der Waals surface area contributed by atoms with E-state index >= 15 is 0 Å². The Morgan fingerprint density at radius 2 is 1.02 bits per heavy atom. The number of carbonyl (C=O) groups is 2. The molecule has 29 heteroatoms. The molecule has 0 spiro atoms. The fraction of sp³-hybridized carbons (Fsp3) is 0.406. The van der Waals surface area contributed by atoms with Crippen molar-refractivity contribution < 1.29 is 64.7 Å². The van der Waals surface area contributed by atoms with Crippen LogP contribution >= 0.6 is 11.6 Å². The monoisotopic (exact) mass is 1340 g/mol. The SMILES string of the molecule is COc1c(NC(=O)c2cc3cccc(Oc4ccnc(Cl)n4)c3n2C)cc(C(C)(C)C)cc1NS(C)(=O)=O.COc1c(NC(=O)c2cc3cccc(Oc4ccnc(OCCN5CCOCC5)n4)c3n2C)cc(C(C)(C)C)cc1NS(C)(=O)=O.OCCN1CCOCC1. The van der Waals surface area contributed by atoms with E-state index < -0.39 is 31.9 Å². The van der Waals surface area contributed by atoms with Crippen LogP contribution in [-0.2, 0) is 54.4 Å². The second kappa shape index (κ2) is 30.6. The maximum Gasteiger partial charge on any atom is 0.319 e. The Kier molecular flexibility index (Phi) is 23.2. The molecule has 0 radical (unpaired) electrons. The Morgan fingerprint density at radius 1 is 0.602 bits per heavy atom. The molecule has 0 aliphatic carbocycles. The van der Waals surface area contributed by atoms with Crippen LogP contribution in [0.3, 0.4) is 0 Å². The minimum Gasteiger partial charge on any atom is -0.492 e. The molecule has 0 atom stereocenters. The molecular formula is C64H81ClN12O14S2. The lowest BCUT2D eigenvalue weighted by atomic mass is 9.86. The first-order valence-corrected chi connectivity index (χ1v) is 33.9. The predicted octanol–water partition coefficient (Wildman–Crippen LogP) is 9.06. The van der Waals surface area contributed by atoms with Crippen molar-refractivity contribution in [2.45, 2.75) is 52.4 Å². The summed E-state index contributed by atoms with van der Waals surface area (Å²) >= 11 is 5.89. The number of aryl methyl sites for hydroxylation is 2. The molecular weight excluding hydrogens is 1260 g/mol. The number of nitrogens with one attached hydrogen (secondary N) is 4. The fourth-order valence-electron chi connectivity index (χ4n) is 10.1. The number of rotatable bonds is 20. The summed E-state index contributed by atoms with van der Waals surface area (Å²) in [6, 6.07) is 24.8. The van der Waals surface area contributed by atoms with E-state index in [1.54, 1.807) is 96.2 Å². The largest absolute Gasteiger partial charge is 0.492 e. The quantitative estimate of drug-likeness (QED) is 0.0444. The van der Waals surface area contributed by atoms with E-state index in [0.717, 1.165) is 100 Å². The molecule has 26 nitrogen and oxygen atoms in total. The van der Waals surface area contributed by atoms with Crippen LogP contribution in [0.1, 0.15) is 73.6 Å². The van der Waals surface area contributed by atoms with E-state index in [-0.39, 0.29) is 57.5 Å². The van der Waals surface area contributed by atoms with E-state index in [9.17, 15) is 26.4 Å². The van der Waals surface area contributed by atoms with E-state index in [0.29, 0.717) is 57.8 Å². The second-order valence-corrected chi connectivity index (χ2v) is 27.8. The maximum absolute atomic E-state index is 13.7. The van der Waals surface area contributed by atoms with Crippen molar-refractivity contribution in [2.75, 3.05) is 126 Å². The summed E-state index contributed by atoms with van der Waals surface area (Å²) in [5.41, 5.74) is 4.08. The van der Waals surface area contributed by atoms with Gasteiger partial charge in [0.1, 0.15) is 18.0 Å². The summed E-state index contributed by atoms with van der Waals surface area (Å²) in [7, 11) is -0.879. The van der Waals surface area contributed by atoms with Gasteiger partial charge in [-0.25, -0.2) is 26.8 Å². The molecule has 2 saturated heterocycles. The Morgan fingerprint density at radius 3 is 1.43 bits per heavy atom. The van der Waals surface area contributed by atoms with Crippen molar-refractivity contribution in [3.8, 4) is 40.8 Å². The van der Waals surface area contributed by atoms with Crippen LogP contribution in [0.15, 0.2) is 97.3 Å². The molecule has 2 fully saturated rings. The number of morpholine rings is 2. The molecule has 93 heavy (non-hydrogen) atoms. The number of aliphatic hydroxyl groups excluding tert-OH is 1. The minimum absolute atomic E-state index is 0.0535. The average Bonchev–Trinajstić information content (AvgIpc) is 1.77. The summed E-state index contributed by atoms with van der Waals surface area (Å²) in [6.45, 7) is 20.9. The van der Waals surface area contributed by atoms with Gasteiger partial charge < -0.3 is 58.0 Å². The number of para-hydroxylation sites is 2. The van der Waals surface area contributed by atoms with Crippen molar-refractivity contribution >= 4 is 88.0 Å². The fourth-order valence-corrected chi connectivity index (χ4v) is 11.4. The zero-order valence-electron chi connectivity index (χ0n) is 54.2. The van der Waals surface area contributed by atoms with Gasteiger partial charge in [0.25, 0.3) is 11.8 Å². The van der Waals surface area contributed by atoms with Gasteiger partial charge in [-0.05, 0) is 82.1 Å². The molecule has 2 amide bonds. The van der Waals surface area contributed by atoms with Crippen molar-refractivity contribution in [3.63, 3.8) is 0 Å². The van der Waals surface area contributed by atoms with Crippen LogP contribution in [0, 0.1) is 0 Å². The highest BCUT2D eigenvalue weighted by Crippen LogP contribution is 2.42. The van der Waals surface area contributed by atoms with E-state index in [4.69, 9.17) is 49.9 Å². The number of methoxy groups -OCH3 is 2. The van der Waals surface area contributed by atoms with Gasteiger partial charge in [-0.3, -0.25) is 28.8 Å². The second-order valence-electron chi connectivity index (χ2n) is 24.0. The van der Waals surface area contributed by atoms with Gasteiger partial charge in [0, 0.05) is 88.7 Å². The van der Waals surface area contributed by atoms with E-state index in [1.165, 1.54) is 20.4 Å². The van der Waals surface area contributed by atoms with Crippen LogP contribution in [0.2, 0.25) is 5.28 Å². The number of hydrogen-bond donors (Lipinski definition) is 5. The highest BCUT2D eigenvalue weighted by molar-refractivity contribution is 7.92. The van der Waals surface area contributed by atoms with Gasteiger partial charge in [0.2, 0.25) is 37.1 Å². The molecule has 2 aliphatic rings. The molecule has 6 heterocycles. The van der Waals surface area contributed by atoms with Gasteiger partial charge in [-0.1, -0.05) is 65.8 Å². The molecule has 4 aromatic carbocycles. The van der Waals surface area contributed by atoms with Crippen molar-refractivity contribution in [1.82, 2.24) is 38.9 Å². The maximum atomic E-state index is 13.7. The summed E-state index contributed by atoms with van der Waals surface area (Å²) in [4.78, 5) is 48.3. The highest BCUT2D eigenvalue weighted by Gasteiger charge is 2.27. The standard InChI is InChI=1S/C32H40N6O7S.C26H28ClN5O5S.C6H13NO2/c1-32(2,3)22-19-23(29(42-5)24(20-22)36-46(6,40)41)34-30(39)25-18-21-8-7-9-26(28(21)37(25)4)45-27-10-11-33-31(35-27)44-17-14-38-12-15-43-16-13-38;1-26(2,3)16-13-17(23(36-5)18(14-16)31-38(6,34)35)29-24(33)19-12-15-8-7-9-20(22(15)32(19)4)37-21-10-11-28-25(27)30-21;8-4-1-7-2-5-9-6-3-7/h7-11,18-20,36H,12-17H2,1-6H3,(H,34,39);7-14,31H,1-6H3,(H,29,33);8H,1-6H2. The highest BCUT2D eigenvalue weighted by atomic mass is 35.5. The van der Waals surface area contributed by atoms with Crippen molar-refractivity contribution in [3.05, 3.63) is 125 Å². The van der Waals surface area contributed by atoms with Crippen LogP contribution < -0.4 is 43.8 Å². The lowest BCUT2D eigenvalue weighted by molar-refractivity contribution is 0.0306. The zero-order valence-corrected chi connectivity index (χ0v) is 56.6. The summed E-state index contributed by atoms with van der Waals surface area (Å²) in [6.07, 6.45) is 5.17. The number of fused-ring (bicyclic) bond motifs is 2. The molecule has 0 bridgehead atoms. The van der Waals surface area contributed by atoms with Gasteiger partial charge in [0.15, 0.2) is 23.0 Å². The molecule has 500 valence electrons. The zero-order chi connectivity index (χ0) is 67.4. The molecule has 10 rings (SSSR count). The number of β-amino-alcohol motifs (C(OH)–C–C–N with tert-alkyl or cyclic N) is 1. The number of ether oxygens (including phenoxy) is 7. The predicted molar refractivity (Wildman–Crippen MR) is 358 cm³/mol. The summed E-state index contributed by atoms with van der Waals surface area (Å²) in [5, 5.41) is 16.0. The molecule has 5 N–H and O–H groups in total. The van der Waals surface area contributed by atoms with E-state index in [2.05, 4.69) is 49.8 Å². The normalized spacial score (nSPS) is 14.0. The lowest BCUT2D eigenvalue weighted by Gasteiger charge is -2.26. The van der Waals surface area contributed by atoms with Gasteiger partial charge >= 0.3 is 6.01 Å². The van der Waals surface area contributed by atoms with Crippen LogP contribution in [0.25, 0.3) is 21.8 Å². The lowest BCUT2D eigenvalue weighted by Crippen LogP contribution is -2.38. The first kappa shape index (κ1) is 70.5. The van der Waals surface area contributed by atoms with Crippen LogP contribution in [0.5, 0.6) is 40.8 Å². The molecule has 0 unspecified atom stereocenters. The summed E-state index contributed by atoms with van der Waals surface area (Å²) < 4.78 is 96.2. The molecule has 0 saturated carbocycles. The first-order chi connectivity index (χ1) is 44.0. The topological polar surface area (TPSA) is 303 Å².